The zero-order chi connectivity index (χ0) is 20.4. The largest absolute Gasteiger partial charge is 0.457 e. The Morgan fingerprint density at radius 2 is 2.18 bits per heavy atom. The van der Waals surface area contributed by atoms with Gasteiger partial charge in [0, 0.05) is 13.3 Å². The zero-order valence-electron chi connectivity index (χ0n) is 15.2. The lowest BCUT2D eigenvalue weighted by molar-refractivity contribution is -0.183. The highest BCUT2D eigenvalue weighted by Crippen LogP contribution is 2.33. The number of hydrogen-bond acceptors (Lipinski definition) is 10. The molecule has 1 aliphatic rings. The van der Waals surface area contributed by atoms with E-state index in [1.54, 1.807) is 6.92 Å². The molecule has 12 heteroatoms. The fourth-order valence-corrected chi connectivity index (χ4v) is 3.01. The molecule has 0 radical (unpaired) electrons. The summed E-state index contributed by atoms with van der Waals surface area (Å²) in [6, 6.07) is 0. The standard InChI is InChI=1S/C16H19N5O7/c1-3-11(24)27-12-6-10(26-8(2)23)14(28-12)21-13-9(7-18-15(17)19-13)20(4-5-22)16(21)25/h5,7,10,12,14H,3-4,6H2,1-2H3,(H2,17,18,19)/t10-,12-,14-/m1/s1. The molecule has 3 atom stereocenters. The third kappa shape index (κ3) is 3.58. The number of anilines is 1. The maximum Gasteiger partial charge on any atom is 0.333 e. The first-order valence-corrected chi connectivity index (χ1v) is 8.54. The molecule has 0 amide bonds. The van der Waals surface area contributed by atoms with Crippen LogP contribution in [0.1, 0.15) is 32.9 Å². The molecular weight excluding hydrogens is 374 g/mol. The molecule has 0 bridgehead atoms. The summed E-state index contributed by atoms with van der Waals surface area (Å²) in [6.07, 6.45) is -1.05. The van der Waals surface area contributed by atoms with Crippen molar-refractivity contribution >= 4 is 35.3 Å². The Labute approximate surface area is 158 Å². The minimum Gasteiger partial charge on any atom is -0.457 e. The number of hydrogen-bond donors (Lipinski definition) is 1. The van der Waals surface area contributed by atoms with Gasteiger partial charge in [-0.25, -0.2) is 14.3 Å². The van der Waals surface area contributed by atoms with E-state index in [0.717, 1.165) is 9.13 Å². The monoisotopic (exact) mass is 393 g/mol. The van der Waals surface area contributed by atoms with E-state index in [-0.39, 0.29) is 36.5 Å². The summed E-state index contributed by atoms with van der Waals surface area (Å²) < 4.78 is 18.4. The Kier molecular flexibility index (Phi) is 5.40. The van der Waals surface area contributed by atoms with Crippen LogP contribution in [0.4, 0.5) is 5.95 Å². The van der Waals surface area contributed by atoms with E-state index in [2.05, 4.69) is 9.97 Å². The van der Waals surface area contributed by atoms with Crippen LogP contribution in [0.5, 0.6) is 0 Å². The van der Waals surface area contributed by atoms with Gasteiger partial charge in [0.05, 0.1) is 19.2 Å². The first-order chi connectivity index (χ1) is 13.3. The topological polar surface area (TPSA) is 158 Å². The van der Waals surface area contributed by atoms with Gasteiger partial charge >= 0.3 is 17.6 Å². The summed E-state index contributed by atoms with van der Waals surface area (Å²) in [5.41, 5.74) is 5.36. The lowest BCUT2D eigenvalue weighted by Crippen LogP contribution is -2.34. The van der Waals surface area contributed by atoms with Crippen molar-refractivity contribution in [1.29, 1.82) is 0 Å². The minimum absolute atomic E-state index is 0.0311. The van der Waals surface area contributed by atoms with E-state index >= 15 is 0 Å². The quantitative estimate of drug-likeness (QED) is 0.501. The number of carbonyl (C=O) groups excluding carboxylic acids is 3. The molecule has 0 saturated carbocycles. The number of nitrogens with zero attached hydrogens (tertiary/aromatic N) is 4. The van der Waals surface area contributed by atoms with E-state index in [9.17, 15) is 19.2 Å². The maximum absolute atomic E-state index is 12.9. The van der Waals surface area contributed by atoms with Crippen molar-refractivity contribution < 1.29 is 28.6 Å². The second-order valence-corrected chi connectivity index (χ2v) is 6.05. The van der Waals surface area contributed by atoms with E-state index in [1.807, 2.05) is 0 Å². The van der Waals surface area contributed by atoms with E-state index < -0.39 is 36.3 Å². The number of carbonyl (C=O) groups is 3. The Hall–Kier alpha value is -3.28. The first kappa shape index (κ1) is 19.5. The van der Waals surface area contributed by atoms with Crippen molar-refractivity contribution in [2.75, 3.05) is 5.73 Å². The highest BCUT2D eigenvalue weighted by Gasteiger charge is 2.43. The van der Waals surface area contributed by atoms with E-state index in [1.165, 1.54) is 13.1 Å². The zero-order valence-corrected chi connectivity index (χ0v) is 15.2. The molecule has 1 saturated heterocycles. The van der Waals surface area contributed by atoms with Crippen LogP contribution in [-0.2, 0) is 35.1 Å². The fourth-order valence-electron chi connectivity index (χ4n) is 3.01. The molecule has 28 heavy (non-hydrogen) atoms. The molecule has 1 fully saturated rings. The molecule has 0 aromatic carbocycles. The van der Waals surface area contributed by atoms with Gasteiger partial charge in [-0.05, 0) is 0 Å². The lowest BCUT2D eigenvalue weighted by atomic mass is 10.2. The fraction of sp³-hybridized carbons (Fsp3) is 0.500. The van der Waals surface area contributed by atoms with Gasteiger partial charge < -0.3 is 24.7 Å². The molecule has 1 aliphatic heterocycles. The summed E-state index contributed by atoms with van der Waals surface area (Å²) in [5.74, 6) is -1.20. The lowest BCUT2D eigenvalue weighted by Gasteiger charge is -2.18. The molecule has 150 valence electrons. The van der Waals surface area contributed by atoms with Crippen molar-refractivity contribution in [3.63, 3.8) is 0 Å². The number of aldehydes is 1. The summed E-state index contributed by atoms with van der Waals surface area (Å²) >= 11 is 0. The molecule has 0 aliphatic carbocycles. The number of rotatable bonds is 6. The normalized spacial score (nSPS) is 21.6. The van der Waals surface area contributed by atoms with E-state index in [0.29, 0.717) is 6.29 Å². The molecule has 12 nitrogen and oxygen atoms in total. The number of aromatic nitrogens is 4. The molecule has 2 aromatic heterocycles. The number of imidazole rings is 1. The van der Waals surface area contributed by atoms with Crippen LogP contribution in [-0.4, -0.2) is 49.7 Å². The van der Waals surface area contributed by atoms with Gasteiger partial charge in [-0.1, -0.05) is 6.92 Å². The van der Waals surface area contributed by atoms with Gasteiger partial charge in [-0.15, -0.1) is 0 Å². The van der Waals surface area contributed by atoms with Crippen molar-refractivity contribution in [1.82, 2.24) is 19.1 Å². The van der Waals surface area contributed by atoms with Crippen molar-refractivity contribution in [2.24, 2.45) is 0 Å². The molecule has 0 unspecified atom stereocenters. The van der Waals surface area contributed by atoms with Crippen LogP contribution in [0.25, 0.3) is 11.2 Å². The van der Waals surface area contributed by atoms with Crippen molar-refractivity contribution in [3.8, 4) is 0 Å². The highest BCUT2D eigenvalue weighted by atomic mass is 16.7. The van der Waals surface area contributed by atoms with Gasteiger partial charge in [0.25, 0.3) is 0 Å². The Balaban J connectivity index is 2.09. The number of ether oxygens (including phenoxy) is 3. The average molecular weight is 393 g/mol. The summed E-state index contributed by atoms with van der Waals surface area (Å²) in [5, 5.41) is 0. The van der Waals surface area contributed by atoms with Gasteiger partial charge in [0.2, 0.25) is 12.2 Å². The Morgan fingerprint density at radius 1 is 1.43 bits per heavy atom. The van der Waals surface area contributed by atoms with Gasteiger partial charge in [-0.2, -0.15) is 4.98 Å². The average Bonchev–Trinajstić information content (AvgIpc) is 3.12. The molecule has 2 aromatic rings. The first-order valence-electron chi connectivity index (χ1n) is 8.54. The predicted octanol–water partition coefficient (Wildman–Crippen LogP) is -0.496. The molecule has 3 heterocycles. The third-order valence-electron chi connectivity index (χ3n) is 4.14. The van der Waals surface area contributed by atoms with Gasteiger partial charge in [-0.3, -0.25) is 14.2 Å². The second kappa shape index (κ2) is 7.76. The van der Waals surface area contributed by atoms with Crippen LogP contribution in [0.2, 0.25) is 0 Å². The van der Waals surface area contributed by atoms with Gasteiger partial charge in [0.1, 0.15) is 11.8 Å². The van der Waals surface area contributed by atoms with Crippen LogP contribution in [0.15, 0.2) is 11.0 Å². The minimum atomic E-state index is -1.13. The summed E-state index contributed by atoms with van der Waals surface area (Å²) in [7, 11) is 0. The second-order valence-electron chi connectivity index (χ2n) is 6.05. The van der Waals surface area contributed by atoms with Crippen molar-refractivity contribution in [3.05, 3.63) is 16.7 Å². The summed E-state index contributed by atoms with van der Waals surface area (Å²) in [4.78, 5) is 54.9. The Morgan fingerprint density at radius 3 is 2.82 bits per heavy atom. The highest BCUT2D eigenvalue weighted by molar-refractivity contribution is 5.73. The Bertz CT molecular complexity index is 982. The number of nitrogen functional groups attached to an aromatic ring is 1. The maximum atomic E-state index is 12.9. The number of nitrogens with two attached hydrogens (primary N) is 1. The smallest absolute Gasteiger partial charge is 0.333 e. The predicted molar refractivity (Wildman–Crippen MR) is 92.7 cm³/mol. The van der Waals surface area contributed by atoms with E-state index in [4.69, 9.17) is 19.9 Å². The number of fused-ring (bicyclic) bond motifs is 1. The van der Waals surface area contributed by atoms with Crippen LogP contribution in [0.3, 0.4) is 0 Å². The molecule has 3 rings (SSSR count). The summed E-state index contributed by atoms with van der Waals surface area (Å²) in [6.45, 7) is 2.59. The van der Waals surface area contributed by atoms with Gasteiger partial charge in [0.15, 0.2) is 18.0 Å². The number of esters is 2. The molecule has 2 N–H and O–H groups in total. The SMILES string of the molecule is CCC(=O)O[C@H]1C[C@@H](OC(C)=O)[C@H](n2c(=O)n(CC=O)c3cnc(N)nc32)O1. The third-order valence-corrected chi connectivity index (χ3v) is 4.14. The van der Waals surface area contributed by atoms with Crippen LogP contribution < -0.4 is 11.4 Å². The van der Waals surface area contributed by atoms with Crippen molar-refractivity contribution in [2.45, 2.75) is 51.9 Å². The molecular formula is C16H19N5O7. The van der Waals surface area contributed by atoms with Crippen LogP contribution in [0, 0.1) is 0 Å². The van der Waals surface area contributed by atoms with Crippen LogP contribution >= 0.6 is 0 Å². The molecule has 0 spiro atoms.